The molecule has 0 atom stereocenters. The van der Waals surface area contributed by atoms with Crippen molar-refractivity contribution in [2.45, 2.75) is 33.1 Å². The van der Waals surface area contributed by atoms with E-state index in [-0.39, 0.29) is 23.7 Å². The number of aryl methyl sites for hydroxylation is 1. The van der Waals surface area contributed by atoms with Crippen molar-refractivity contribution in [1.82, 2.24) is 15.0 Å². The second kappa shape index (κ2) is 7.79. The Balaban J connectivity index is 1.73. The fraction of sp³-hybridized carbons (Fsp3) is 0.227. The molecule has 3 aromatic rings. The lowest BCUT2D eigenvalue weighted by atomic mass is 9.97. The summed E-state index contributed by atoms with van der Waals surface area (Å²) in [5.41, 5.74) is 10.6. The highest BCUT2D eigenvalue weighted by molar-refractivity contribution is 5.98. The normalized spacial score (nSPS) is 12.2. The van der Waals surface area contributed by atoms with Crippen LogP contribution in [0.3, 0.4) is 0 Å². The van der Waals surface area contributed by atoms with Crippen LogP contribution < -0.4 is 15.8 Å². The molecule has 0 amide bonds. The van der Waals surface area contributed by atoms with E-state index in [1.54, 1.807) is 24.3 Å². The summed E-state index contributed by atoms with van der Waals surface area (Å²) in [5, 5.41) is 12.2. The van der Waals surface area contributed by atoms with Gasteiger partial charge in [0.1, 0.15) is 11.8 Å². The maximum atomic E-state index is 12.3. The number of hydrogen-bond acceptors (Lipinski definition) is 8. The SMILES string of the molecule is CC(=O)c1cc(C)c2c(c1Oc1nc(N)nc(Nc3ccccc3C#N)n1)CCC2. The second-order valence-electron chi connectivity index (χ2n) is 7.12. The van der Waals surface area contributed by atoms with Gasteiger partial charge >= 0.3 is 6.01 Å². The molecule has 0 fully saturated rings. The minimum Gasteiger partial charge on any atom is -0.423 e. The smallest absolute Gasteiger partial charge is 0.328 e. The zero-order valence-electron chi connectivity index (χ0n) is 16.7. The zero-order chi connectivity index (χ0) is 21.3. The monoisotopic (exact) mass is 400 g/mol. The van der Waals surface area contributed by atoms with Crippen molar-refractivity contribution in [3.8, 4) is 17.8 Å². The van der Waals surface area contributed by atoms with Gasteiger partial charge in [-0.3, -0.25) is 4.79 Å². The molecule has 3 N–H and O–H groups in total. The van der Waals surface area contributed by atoms with Gasteiger partial charge in [-0.2, -0.15) is 20.2 Å². The summed E-state index contributed by atoms with van der Waals surface area (Å²) in [5.74, 6) is 0.499. The lowest BCUT2D eigenvalue weighted by Gasteiger charge is -2.16. The molecule has 2 aromatic carbocycles. The average molecular weight is 400 g/mol. The number of nitriles is 1. The molecule has 0 spiro atoms. The van der Waals surface area contributed by atoms with Crippen LogP contribution in [0.4, 0.5) is 17.6 Å². The Bertz CT molecular complexity index is 1200. The van der Waals surface area contributed by atoms with E-state index in [0.717, 1.165) is 30.4 Å². The molecule has 0 aliphatic heterocycles. The van der Waals surface area contributed by atoms with Crippen molar-refractivity contribution >= 4 is 23.4 Å². The molecule has 0 saturated carbocycles. The summed E-state index contributed by atoms with van der Waals surface area (Å²) in [4.78, 5) is 24.7. The van der Waals surface area contributed by atoms with Crippen molar-refractivity contribution in [1.29, 1.82) is 5.26 Å². The van der Waals surface area contributed by atoms with Crippen LogP contribution in [-0.2, 0) is 12.8 Å². The number of hydrogen-bond donors (Lipinski definition) is 2. The first-order valence-electron chi connectivity index (χ1n) is 9.58. The number of carbonyl (C=O) groups excluding carboxylic acids is 1. The van der Waals surface area contributed by atoms with Crippen LogP contribution in [0.2, 0.25) is 0 Å². The maximum Gasteiger partial charge on any atom is 0.328 e. The van der Waals surface area contributed by atoms with Crippen LogP contribution in [0, 0.1) is 18.3 Å². The first kappa shape index (κ1) is 19.3. The lowest BCUT2D eigenvalue weighted by molar-refractivity contribution is 0.101. The Morgan fingerprint density at radius 3 is 2.73 bits per heavy atom. The van der Waals surface area contributed by atoms with Gasteiger partial charge in [0.2, 0.25) is 11.9 Å². The van der Waals surface area contributed by atoms with Crippen LogP contribution in [-0.4, -0.2) is 20.7 Å². The van der Waals surface area contributed by atoms with Crippen molar-refractivity contribution in [2.24, 2.45) is 0 Å². The van der Waals surface area contributed by atoms with E-state index < -0.39 is 0 Å². The Hall–Kier alpha value is -3.99. The molecule has 0 bridgehead atoms. The molecular formula is C22H20N6O2. The number of nitrogens with zero attached hydrogens (tertiary/aromatic N) is 4. The van der Waals surface area contributed by atoms with Gasteiger partial charge in [0, 0.05) is 0 Å². The van der Waals surface area contributed by atoms with Crippen molar-refractivity contribution in [3.05, 3.63) is 58.1 Å². The molecule has 1 aliphatic carbocycles. The van der Waals surface area contributed by atoms with E-state index in [2.05, 4.69) is 26.3 Å². The zero-order valence-corrected chi connectivity index (χ0v) is 16.7. The third-order valence-corrected chi connectivity index (χ3v) is 5.07. The number of nitrogens with one attached hydrogen (secondary N) is 1. The predicted octanol–water partition coefficient (Wildman–Crippen LogP) is 3.86. The summed E-state index contributed by atoms with van der Waals surface area (Å²) >= 11 is 0. The molecule has 0 radical (unpaired) electrons. The van der Waals surface area contributed by atoms with Crippen LogP contribution in [0.5, 0.6) is 11.8 Å². The number of anilines is 3. The number of ketones is 1. The van der Waals surface area contributed by atoms with Crippen molar-refractivity contribution in [3.63, 3.8) is 0 Å². The van der Waals surface area contributed by atoms with Gasteiger partial charge in [-0.15, -0.1) is 0 Å². The van der Waals surface area contributed by atoms with Gasteiger partial charge in [0.05, 0.1) is 16.8 Å². The van der Waals surface area contributed by atoms with E-state index in [9.17, 15) is 10.1 Å². The standard InChI is InChI=1S/C22H20N6O2/c1-12-10-17(13(2)29)19(16-8-5-7-15(12)16)30-22-27-20(24)26-21(28-22)25-18-9-4-3-6-14(18)11-23/h3-4,6,9-10H,5,7-8H2,1-2H3,(H3,24,25,26,27,28). The average Bonchev–Trinajstić information content (AvgIpc) is 3.20. The number of nitrogens with two attached hydrogens (primary N) is 1. The van der Waals surface area contributed by atoms with Gasteiger partial charge in [-0.25, -0.2) is 0 Å². The molecule has 150 valence electrons. The van der Waals surface area contributed by atoms with E-state index >= 15 is 0 Å². The number of ether oxygens (including phenoxy) is 1. The molecule has 1 aromatic heterocycles. The summed E-state index contributed by atoms with van der Waals surface area (Å²) in [7, 11) is 0. The first-order valence-corrected chi connectivity index (χ1v) is 9.58. The quantitative estimate of drug-likeness (QED) is 0.618. The summed E-state index contributed by atoms with van der Waals surface area (Å²) in [6.45, 7) is 3.52. The Labute approximate surface area is 173 Å². The number of aromatic nitrogens is 3. The molecule has 1 heterocycles. The highest BCUT2D eigenvalue weighted by atomic mass is 16.5. The van der Waals surface area contributed by atoms with Crippen molar-refractivity contribution < 1.29 is 9.53 Å². The highest BCUT2D eigenvalue weighted by Gasteiger charge is 2.24. The highest BCUT2D eigenvalue weighted by Crippen LogP contribution is 2.38. The van der Waals surface area contributed by atoms with Gasteiger partial charge in [0.15, 0.2) is 5.78 Å². The number of benzene rings is 2. The van der Waals surface area contributed by atoms with E-state index in [1.165, 1.54) is 12.5 Å². The number of para-hydroxylation sites is 1. The van der Waals surface area contributed by atoms with Crippen LogP contribution in [0.15, 0.2) is 30.3 Å². The maximum absolute atomic E-state index is 12.3. The Morgan fingerprint density at radius 2 is 1.97 bits per heavy atom. The number of Topliss-reactive ketones (excluding diaryl/α,β-unsaturated/α-hetero) is 1. The lowest BCUT2D eigenvalue weighted by Crippen LogP contribution is -2.08. The fourth-order valence-electron chi connectivity index (χ4n) is 3.71. The third kappa shape index (κ3) is 3.65. The van der Waals surface area contributed by atoms with E-state index in [0.29, 0.717) is 22.6 Å². The van der Waals surface area contributed by atoms with Gasteiger partial charge in [-0.1, -0.05) is 12.1 Å². The molecule has 1 aliphatic rings. The van der Waals surface area contributed by atoms with Gasteiger partial charge < -0.3 is 15.8 Å². The molecule has 4 rings (SSSR count). The topological polar surface area (TPSA) is 127 Å². The predicted molar refractivity (Wildman–Crippen MR) is 112 cm³/mol. The molecule has 0 unspecified atom stereocenters. The van der Waals surface area contributed by atoms with Crippen molar-refractivity contribution in [2.75, 3.05) is 11.1 Å². The van der Waals surface area contributed by atoms with E-state index in [4.69, 9.17) is 10.5 Å². The number of nitrogen functional groups attached to an aromatic ring is 1. The van der Waals surface area contributed by atoms with Crippen LogP contribution >= 0.6 is 0 Å². The molecule has 8 heteroatoms. The number of fused-ring (bicyclic) bond motifs is 1. The minimum atomic E-state index is -0.0916. The Kier molecular flexibility index (Phi) is 5.02. The number of rotatable bonds is 5. The molecule has 30 heavy (non-hydrogen) atoms. The molecule has 0 saturated heterocycles. The van der Waals surface area contributed by atoms with Gasteiger partial charge in [0.25, 0.3) is 0 Å². The Morgan fingerprint density at radius 1 is 1.20 bits per heavy atom. The van der Waals surface area contributed by atoms with Crippen LogP contribution in [0.25, 0.3) is 0 Å². The summed E-state index contributed by atoms with van der Waals surface area (Å²) < 4.78 is 6.02. The molecule has 8 nitrogen and oxygen atoms in total. The third-order valence-electron chi connectivity index (χ3n) is 5.07. The van der Waals surface area contributed by atoms with Crippen LogP contribution in [0.1, 0.15) is 46.0 Å². The minimum absolute atomic E-state index is 0.0140. The summed E-state index contributed by atoms with van der Waals surface area (Å²) in [6, 6.07) is 10.9. The summed E-state index contributed by atoms with van der Waals surface area (Å²) in [6.07, 6.45) is 2.78. The van der Waals surface area contributed by atoms with E-state index in [1.807, 2.05) is 13.0 Å². The number of carbonyl (C=O) groups is 1. The van der Waals surface area contributed by atoms with Gasteiger partial charge in [-0.05, 0) is 68.0 Å². The second-order valence-corrected chi connectivity index (χ2v) is 7.12. The first-order chi connectivity index (χ1) is 14.5. The fourth-order valence-corrected chi connectivity index (χ4v) is 3.71. The largest absolute Gasteiger partial charge is 0.423 e. The molecular weight excluding hydrogens is 380 g/mol.